The number of aliphatic hydroxyl groups is 1. The van der Waals surface area contributed by atoms with Crippen LogP contribution in [0.15, 0.2) is 42.7 Å². The molecule has 0 radical (unpaired) electrons. The monoisotopic (exact) mass is 315 g/mol. The maximum absolute atomic E-state index is 12.3. The molecule has 1 amide bonds. The number of amides is 1. The summed E-state index contributed by atoms with van der Waals surface area (Å²) < 4.78 is 7.01. The van der Waals surface area contributed by atoms with Gasteiger partial charge < -0.3 is 14.7 Å². The number of carbonyl (C=O) groups excluding carboxylic acids is 1. The van der Waals surface area contributed by atoms with Crippen molar-refractivity contribution in [3.63, 3.8) is 0 Å². The molecule has 3 rings (SSSR count). The van der Waals surface area contributed by atoms with Crippen LogP contribution in [0.3, 0.4) is 0 Å². The number of benzene rings is 1. The van der Waals surface area contributed by atoms with Crippen molar-refractivity contribution < 1.29 is 14.6 Å². The Morgan fingerprint density at radius 3 is 2.87 bits per heavy atom. The lowest BCUT2D eigenvalue weighted by atomic mass is 9.88. The molecule has 6 nitrogen and oxygen atoms in total. The number of aromatic nitrogens is 2. The minimum atomic E-state index is -1.06. The highest BCUT2D eigenvalue weighted by molar-refractivity contribution is 5.68. The molecule has 1 atom stereocenters. The molecule has 1 fully saturated rings. The highest BCUT2D eigenvalue weighted by Crippen LogP contribution is 2.31. The first-order valence-corrected chi connectivity index (χ1v) is 7.74. The van der Waals surface area contributed by atoms with Crippen LogP contribution in [0, 0.1) is 0 Å². The average Bonchev–Trinajstić information content (AvgIpc) is 3.01. The molecule has 0 saturated carbocycles. The van der Waals surface area contributed by atoms with Crippen LogP contribution in [0.5, 0.6) is 0 Å². The third-order valence-electron chi connectivity index (χ3n) is 4.18. The van der Waals surface area contributed by atoms with Crippen LogP contribution in [0.2, 0.25) is 0 Å². The zero-order chi connectivity index (χ0) is 16.3. The van der Waals surface area contributed by atoms with E-state index in [9.17, 15) is 9.90 Å². The summed E-state index contributed by atoms with van der Waals surface area (Å²) in [4.78, 5) is 13.8. The lowest BCUT2D eigenvalue weighted by Gasteiger charge is -2.38. The van der Waals surface area contributed by atoms with E-state index < -0.39 is 11.7 Å². The summed E-state index contributed by atoms with van der Waals surface area (Å²) in [6, 6.07) is 9.56. The summed E-state index contributed by atoms with van der Waals surface area (Å²) in [6.45, 7) is 1.06. The zero-order valence-corrected chi connectivity index (χ0v) is 13.2. The van der Waals surface area contributed by atoms with Gasteiger partial charge in [0.2, 0.25) is 0 Å². The molecule has 6 heteroatoms. The van der Waals surface area contributed by atoms with E-state index in [2.05, 4.69) is 5.10 Å². The van der Waals surface area contributed by atoms with Crippen LogP contribution in [0.1, 0.15) is 24.0 Å². The summed E-state index contributed by atoms with van der Waals surface area (Å²) in [6.07, 6.45) is 4.39. The van der Waals surface area contributed by atoms with Gasteiger partial charge in [0.1, 0.15) is 12.2 Å². The van der Waals surface area contributed by atoms with E-state index in [1.807, 2.05) is 37.4 Å². The van der Waals surface area contributed by atoms with Crippen LogP contribution >= 0.6 is 0 Å². The molecule has 1 aliphatic heterocycles. The topological polar surface area (TPSA) is 67.6 Å². The van der Waals surface area contributed by atoms with Gasteiger partial charge in [-0.15, -0.1) is 0 Å². The normalized spacial score (nSPS) is 21.2. The lowest BCUT2D eigenvalue weighted by molar-refractivity contribution is -0.0349. The van der Waals surface area contributed by atoms with Crippen LogP contribution in [0.25, 0.3) is 0 Å². The molecule has 1 saturated heterocycles. The molecule has 2 heterocycles. The standard InChI is InChI=1S/C17H21N3O3/c1-19-11-15(10-18-19)17(22)8-5-9-20(13-17)16(21)23-12-14-6-3-2-4-7-14/h2-4,6-7,10-11,22H,5,8-9,12-13H2,1H3. The summed E-state index contributed by atoms with van der Waals surface area (Å²) in [5.74, 6) is 0. The van der Waals surface area contributed by atoms with Gasteiger partial charge in [-0.1, -0.05) is 30.3 Å². The Morgan fingerprint density at radius 2 is 2.17 bits per heavy atom. The van der Waals surface area contributed by atoms with E-state index in [0.29, 0.717) is 13.0 Å². The van der Waals surface area contributed by atoms with Gasteiger partial charge in [-0.3, -0.25) is 4.68 Å². The number of aryl methyl sites for hydroxylation is 1. The number of β-amino-alcohol motifs (C(OH)–C–C–N with tert-alkyl or cyclic N) is 1. The largest absolute Gasteiger partial charge is 0.445 e. The van der Waals surface area contributed by atoms with Gasteiger partial charge in [0.25, 0.3) is 0 Å². The molecule has 122 valence electrons. The number of rotatable bonds is 3. The first-order chi connectivity index (χ1) is 11.1. The molecule has 0 spiro atoms. The molecule has 0 bridgehead atoms. The van der Waals surface area contributed by atoms with Gasteiger partial charge in [-0.05, 0) is 18.4 Å². The van der Waals surface area contributed by atoms with Crippen molar-refractivity contribution in [2.24, 2.45) is 7.05 Å². The quantitative estimate of drug-likeness (QED) is 0.941. The Kier molecular flexibility index (Phi) is 4.34. The van der Waals surface area contributed by atoms with E-state index in [1.165, 1.54) is 0 Å². The summed E-state index contributed by atoms with van der Waals surface area (Å²) in [5.41, 5.74) is 0.624. The van der Waals surface area contributed by atoms with E-state index in [-0.39, 0.29) is 13.2 Å². The number of piperidine rings is 1. The summed E-state index contributed by atoms with van der Waals surface area (Å²) in [5, 5.41) is 15.0. The van der Waals surface area contributed by atoms with Crippen molar-refractivity contribution in [3.8, 4) is 0 Å². The molecular formula is C17H21N3O3. The molecule has 1 aliphatic rings. The van der Waals surface area contributed by atoms with Crippen LogP contribution in [-0.2, 0) is 24.0 Å². The minimum absolute atomic E-state index is 0.228. The summed E-state index contributed by atoms with van der Waals surface area (Å²) >= 11 is 0. The molecule has 23 heavy (non-hydrogen) atoms. The van der Waals surface area contributed by atoms with E-state index in [0.717, 1.165) is 17.5 Å². The van der Waals surface area contributed by atoms with Crippen LogP contribution in [-0.4, -0.2) is 39.0 Å². The Balaban J connectivity index is 1.62. The highest BCUT2D eigenvalue weighted by Gasteiger charge is 2.38. The van der Waals surface area contributed by atoms with Gasteiger partial charge in [0.15, 0.2) is 0 Å². The van der Waals surface area contributed by atoms with Crippen molar-refractivity contribution >= 4 is 6.09 Å². The fourth-order valence-electron chi connectivity index (χ4n) is 2.90. The van der Waals surface area contributed by atoms with Crippen molar-refractivity contribution in [1.29, 1.82) is 0 Å². The molecule has 1 N–H and O–H groups in total. The Morgan fingerprint density at radius 1 is 1.39 bits per heavy atom. The molecule has 1 aromatic heterocycles. The Labute approximate surface area is 135 Å². The first-order valence-electron chi connectivity index (χ1n) is 7.74. The molecule has 0 aliphatic carbocycles. The van der Waals surface area contributed by atoms with Crippen LogP contribution < -0.4 is 0 Å². The highest BCUT2D eigenvalue weighted by atomic mass is 16.6. The fourth-order valence-corrected chi connectivity index (χ4v) is 2.90. The predicted molar refractivity (Wildman–Crippen MR) is 84.5 cm³/mol. The maximum atomic E-state index is 12.3. The molecule has 1 aromatic carbocycles. The zero-order valence-electron chi connectivity index (χ0n) is 13.2. The average molecular weight is 315 g/mol. The van der Waals surface area contributed by atoms with Gasteiger partial charge in [0.05, 0.1) is 12.7 Å². The van der Waals surface area contributed by atoms with E-state index in [1.54, 1.807) is 22.0 Å². The molecule has 1 unspecified atom stereocenters. The second kappa shape index (κ2) is 6.42. The Bertz CT molecular complexity index is 671. The van der Waals surface area contributed by atoms with Crippen molar-refractivity contribution in [2.45, 2.75) is 25.0 Å². The van der Waals surface area contributed by atoms with Gasteiger partial charge in [0, 0.05) is 25.4 Å². The third-order valence-corrected chi connectivity index (χ3v) is 4.18. The number of hydrogen-bond donors (Lipinski definition) is 1. The number of hydrogen-bond acceptors (Lipinski definition) is 4. The second-order valence-electron chi connectivity index (χ2n) is 6.00. The maximum Gasteiger partial charge on any atom is 0.410 e. The molecular weight excluding hydrogens is 294 g/mol. The number of carbonyl (C=O) groups is 1. The predicted octanol–water partition coefficient (Wildman–Crippen LogP) is 2.04. The number of nitrogens with zero attached hydrogens (tertiary/aromatic N) is 3. The van der Waals surface area contributed by atoms with Crippen LogP contribution in [0.4, 0.5) is 4.79 Å². The summed E-state index contributed by atoms with van der Waals surface area (Å²) in [7, 11) is 1.81. The molecule has 2 aromatic rings. The second-order valence-corrected chi connectivity index (χ2v) is 6.00. The SMILES string of the molecule is Cn1cc(C2(O)CCCN(C(=O)OCc3ccccc3)C2)cn1. The van der Waals surface area contributed by atoms with E-state index >= 15 is 0 Å². The fraction of sp³-hybridized carbons (Fsp3) is 0.412. The first kappa shape index (κ1) is 15.6. The van der Waals surface area contributed by atoms with E-state index in [4.69, 9.17) is 4.74 Å². The van der Waals surface area contributed by atoms with Crippen molar-refractivity contribution in [1.82, 2.24) is 14.7 Å². The van der Waals surface area contributed by atoms with Crippen molar-refractivity contribution in [2.75, 3.05) is 13.1 Å². The van der Waals surface area contributed by atoms with Gasteiger partial charge in [-0.25, -0.2) is 4.79 Å². The van der Waals surface area contributed by atoms with Crippen molar-refractivity contribution in [3.05, 3.63) is 53.9 Å². The lowest BCUT2D eigenvalue weighted by Crippen LogP contribution is -2.48. The van der Waals surface area contributed by atoms with Gasteiger partial charge in [-0.2, -0.15) is 5.10 Å². The smallest absolute Gasteiger partial charge is 0.410 e. The minimum Gasteiger partial charge on any atom is -0.445 e. The Hall–Kier alpha value is -2.34. The number of likely N-dealkylation sites (tertiary alicyclic amines) is 1. The van der Waals surface area contributed by atoms with Gasteiger partial charge >= 0.3 is 6.09 Å². The third kappa shape index (κ3) is 3.53. The number of ether oxygens (including phenoxy) is 1.